The molecule has 21 heteroatoms. The number of likely N-dealkylation sites (tertiary alicyclic amines) is 1. The number of carbonyl (C=O) groups excluding carboxylic acids is 4. The quantitative estimate of drug-likeness (QED) is 0.0432. The van der Waals surface area contributed by atoms with Crippen LogP contribution in [-0.4, -0.2) is 107 Å². The molecule has 3 heterocycles. The van der Waals surface area contributed by atoms with Gasteiger partial charge in [-0.2, -0.15) is 18.4 Å². The minimum Gasteiger partial charge on any atom is -0.491 e. The molecule has 2 fully saturated rings. The molecule has 3 N–H and O–H groups in total. The lowest BCUT2D eigenvalue weighted by Gasteiger charge is -2.35. The number of carbonyl (C=O) groups is 4. The van der Waals surface area contributed by atoms with E-state index in [1.807, 2.05) is 38.1 Å². The van der Waals surface area contributed by atoms with Crippen molar-refractivity contribution in [2.75, 3.05) is 49.4 Å². The highest BCUT2D eigenvalue weighted by atomic mass is 32.1. The molecule has 2 aliphatic rings. The van der Waals surface area contributed by atoms with Crippen molar-refractivity contribution in [1.29, 1.82) is 5.26 Å². The fraction of sp³-hybridized carbons (Fsp3) is 0.389. The van der Waals surface area contributed by atoms with Crippen molar-refractivity contribution in [1.82, 2.24) is 20.5 Å². The number of aryl methyl sites for hydroxylation is 1. The molecule has 0 spiro atoms. The first kappa shape index (κ1) is 55.9. The van der Waals surface area contributed by atoms with E-state index in [1.54, 1.807) is 68.0 Å². The second kappa shape index (κ2) is 23.0. The molecule has 4 amide bonds. The number of nitrogens with one attached hydrogen (secondary N) is 2. The molecular formula is C54H57F4N7O8S2. The first-order valence-corrected chi connectivity index (χ1v) is 25.3. The van der Waals surface area contributed by atoms with E-state index in [1.165, 1.54) is 47.9 Å². The van der Waals surface area contributed by atoms with E-state index >= 15 is 4.39 Å². The average molecular weight is 1070 g/mol. The lowest BCUT2D eigenvalue weighted by atomic mass is 9.85. The summed E-state index contributed by atoms with van der Waals surface area (Å²) >= 11 is 7.14. The molecule has 2 saturated heterocycles. The molecule has 0 aliphatic carbocycles. The summed E-state index contributed by atoms with van der Waals surface area (Å²) in [5, 5.41) is 25.4. The fourth-order valence-corrected chi connectivity index (χ4v) is 10.2. The van der Waals surface area contributed by atoms with Gasteiger partial charge in [-0.1, -0.05) is 57.2 Å². The normalized spacial score (nSPS) is 17.5. The monoisotopic (exact) mass is 1070 g/mol. The van der Waals surface area contributed by atoms with Crippen molar-refractivity contribution in [2.24, 2.45) is 5.41 Å². The number of thiocarbonyl (C=S) groups is 1. The Labute approximate surface area is 441 Å². The van der Waals surface area contributed by atoms with Crippen LogP contribution in [0.5, 0.6) is 5.75 Å². The molecular weight excluding hydrogens is 1010 g/mol. The van der Waals surface area contributed by atoms with Crippen molar-refractivity contribution < 1.29 is 56.1 Å². The van der Waals surface area contributed by atoms with E-state index in [-0.39, 0.29) is 74.1 Å². The number of halogens is 4. The summed E-state index contributed by atoms with van der Waals surface area (Å²) in [5.41, 5.74) is 1.38. The van der Waals surface area contributed by atoms with E-state index in [0.717, 1.165) is 32.7 Å². The van der Waals surface area contributed by atoms with Crippen molar-refractivity contribution in [3.63, 3.8) is 0 Å². The number of anilines is 2. The van der Waals surface area contributed by atoms with Crippen LogP contribution in [0.4, 0.5) is 28.9 Å². The first-order valence-electron chi connectivity index (χ1n) is 24.0. The number of rotatable bonds is 18. The van der Waals surface area contributed by atoms with Crippen molar-refractivity contribution in [3.05, 3.63) is 119 Å². The number of hydrogen-bond donors (Lipinski definition) is 3. The maximum Gasteiger partial charge on any atom is 0.417 e. The third-order valence-electron chi connectivity index (χ3n) is 12.9. The summed E-state index contributed by atoms with van der Waals surface area (Å²) in [7, 11) is 0. The number of aromatic nitrogens is 1. The van der Waals surface area contributed by atoms with E-state index < -0.39 is 75.9 Å². The summed E-state index contributed by atoms with van der Waals surface area (Å²) in [5.74, 6) is -2.27. The Hall–Kier alpha value is -6.83. The van der Waals surface area contributed by atoms with E-state index in [2.05, 4.69) is 15.6 Å². The minimum absolute atomic E-state index is 0.0506. The number of thiazole rings is 1. The number of hydrogen-bond acceptors (Lipinski definition) is 12. The average Bonchev–Trinajstić information content (AvgIpc) is 4.02. The van der Waals surface area contributed by atoms with Crippen molar-refractivity contribution in [3.8, 4) is 33.4 Å². The molecule has 5 aromatic rings. The Balaban J connectivity index is 0.841. The molecule has 4 atom stereocenters. The third-order valence-corrected chi connectivity index (χ3v) is 14.2. The zero-order valence-electron chi connectivity index (χ0n) is 42.3. The molecule has 396 valence electrons. The Bertz CT molecular complexity index is 2980. The van der Waals surface area contributed by atoms with Crippen LogP contribution >= 0.6 is 23.6 Å². The van der Waals surface area contributed by atoms with Crippen LogP contribution in [0.15, 0.2) is 90.4 Å². The fourth-order valence-electron chi connectivity index (χ4n) is 8.89. The topological polar surface area (TPSA) is 187 Å². The van der Waals surface area contributed by atoms with Gasteiger partial charge in [0.2, 0.25) is 17.7 Å². The van der Waals surface area contributed by atoms with Gasteiger partial charge in [-0.05, 0) is 111 Å². The van der Waals surface area contributed by atoms with Crippen LogP contribution in [0, 0.1) is 29.5 Å². The summed E-state index contributed by atoms with van der Waals surface area (Å²) < 4.78 is 74.0. The predicted octanol–water partition coefficient (Wildman–Crippen LogP) is 8.51. The molecule has 1 aromatic heterocycles. The van der Waals surface area contributed by atoms with Crippen LogP contribution in [0.25, 0.3) is 21.6 Å². The maximum atomic E-state index is 15.8. The maximum absolute atomic E-state index is 15.8. The van der Waals surface area contributed by atoms with Gasteiger partial charge >= 0.3 is 6.18 Å². The second-order valence-electron chi connectivity index (χ2n) is 19.7. The van der Waals surface area contributed by atoms with Crippen LogP contribution in [0.1, 0.15) is 76.4 Å². The molecule has 4 aromatic carbocycles. The molecule has 0 saturated carbocycles. The number of benzene rings is 4. The van der Waals surface area contributed by atoms with E-state index in [4.69, 9.17) is 26.4 Å². The van der Waals surface area contributed by atoms with Crippen LogP contribution in [-0.2, 0) is 34.8 Å². The lowest BCUT2D eigenvalue weighted by Crippen LogP contribution is -2.58. The van der Waals surface area contributed by atoms with Gasteiger partial charge in [-0.25, -0.2) is 9.37 Å². The van der Waals surface area contributed by atoms with Crippen LogP contribution in [0.2, 0.25) is 0 Å². The highest BCUT2D eigenvalue weighted by Crippen LogP contribution is 2.41. The van der Waals surface area contributed by atoms with Crippen molar-refractivity contribution in [2.45, 2.75) is 90.8 Å². The van der Waals surface area contributed by atoms with E-state index in [0.29, 0.717) is 17.4 Å². The number of alkyl halides is 3. The summed E-state index contributed by atoms with van der Waals surface area (Å²) in [4.78, 5) is 63.4. The summed E-state index contributed by atoms with van der Waals surface area (Å²) in [6, 6.07) is 20.7. The smallest absolute Gasteiger partial charge is 0.417 e. The Morgan fingerprint density at radius 1 is 0.933 bits per heavy atom. The van der Waals surface area contributed by atoms with Gasteiger partial charge in [0, 0.05) is 24.2 Å². The first-order chi connectivity index (χ1) is 35.4. The van der Waals surface area contributed by atoms with Gasteiger partial charge in [0.15, 0.2) is 5.11 Å². The summed E-state index contributed by atoms with van der Waals surface area (Å²) in [6.45, 7) is 12.3. The molecule has 0 radical (unpaired) electrons. The number of β-amino-alcohol motifs (C(OH)–C–C–N with tert-alkyl or cyclic N) is 1. The number of ether oxygens (including phenoxy) is 3. The van der Waals surface area contributed by atoms with Crippen molar-refractivity contribution >= 4 is 63.7 Å². The van der Waals surface area contributed by atoms with E-state index in [9.17, 15) is 42.7 Å². The zero-order valence-corrected chi connectivity index (χ0v) is 43.9. The number of aliphatic hydroxyl groups is 1. The number of nitriles is 1. The Morgan fingerprint density at radius 3 is 2.21 bits per heavy atom. The SMILES string of the molecule is Cc1ncsc1-c1ccc(C(C)NC(=O)[C@@H]2C[C@@H](O)CN2C(=O)C(NC(=O)COCCOCCOc2ccc(-c3ccc(N4C(=S)N(c5ccc(C#N)c(C(F)(F)F)c5)C(=O)C4(C)C)cc3F)cc2)C(C)(C)C)cc1. The highest BCUT2D eigenvalue weighted by molar-refractivity contribution is 7.81. The van der Waals surface area contributed by atoms with Gasteiger partial charge in [0.05, 0.1) is 70.9 Å². The van der Waals surface area contributed by atoms with Gasteiger partial charge in [-0.3, -0.25) is 24.1 Å². The Morgan fingerprint density at radius 2 is 1.59 bits per heavy atom. The molecule has 7 rings (SSSR count). The Kier molecular flexibility index (Phi) is 17.1. The predicted molar refractivity (Wildman–Crippen MR) is 278 cm³/mol. The largest absolute Gasteiger partial charge is 0.491 e. The molecule has 0 bridgehead atoms. The number of aliphatic hydroxyl groups excluding tert-OH is 1. The summed E-state index contributed by atoms with van der Waals surface area (Å²) in [6.07, 6.45) is -5.73. The second-order valence-corrected chi connectivity index (χ2v) is 21.0. The molecule has 2 aliphatic heterocycles. The van der Waals surface area contributed by atoms with Crippen LogP contribution < -0.4 is 25.2 Å². The molecule has 75 heavy (non-hydrogen) atoms. The van der Waals surface area contributed by atoms with Gasteiger partial charge in [-0.15, -0.1) is 11.3 Å². The standard InChI is InChI=1S/C54H57F4N7O8S2/c1-31(33-8-10-35(11-9-33)46-32(2)60-30-75-46)61-48(68)44-26-39(66)28-63(44)49(69)47(52(3,4)5)62-45(67)29-72-21-20-71-22-23-73-40-17-13-34(14-18-40)41-19-16-38(25-43(41)55)65-51(74)64(50(70)53(65,6)7)37-15-12-36(27-59)42(24-37)54(56,57)58/h8-19,24-25,30-31,39,44,47,66H,20-23,26,28-29H2,1-7H3,(H,61,68)(H,62,67)/t31?,39-,44+,47?/m1/s1. The molecule has 15 nitrogen and oxygen atoms in total. The van der Waals surface area contributed by atoms with Crippen LogP contribution in [0.3, 0.4) is 0 Å². The number of amides is 4. The van der Waals surface area contributed by atoms with Gasteiger partial charge in [0.1, 0.15) is 42.4 Å². The van der Waals surface area contributed by atoms with Gasteiger partial charge in [0.25, 0.3) is 5.91 Å². The van der Waals surface area contributed by atoms with Gasteiger partial charge < -0.3 is 39.8 Å². The third kappa shape index (κ3) is 12.7. The molecule has 2 unspecified atom stereocenters. The highest BCUT2D eigenvalue weighted by Gasteiger charge is 2.51. The lowest BCUT2D eigenvalue weighted by molar-refractivity contribution is -0.144. The zero-order chi connectivity index (χ0) is 54.6. The minimum atomic E-state index is -4.86. The number of nitrogens with zero attached hydrogens (tertiary/aromatic N) is 5.